The fraction of sp³-hybridized carbons (Fsp3) is 0.211. The van der Waals surface area contributed by atoms with Gasteiger partial charge >= 0.3 is 5.97 Å². The second kappa shape index (κ2) is 8.62. The molecule has 0 saturated carbocycles. The third-order valence-electron chi connectivity index (χ3n) is 3.60. The Labute approximate surface area is 140 Å². The number of carboxylic acids is 2. The Morgan fingerprint density at radius 3 is 2.33 bits per heavy atom. The van der Waals surface area contributed by atoms with E-state index in [0.717, 1.165) is 29.5 Å². The van der Waals surface area contributed by atoms with Crippen molar-refractivity contribution in [2.45, 2.75) is 25.7 Å². The largest absolute Gasteiger partial charge is 0.550 e. The van der Waals surface area contributed by atoms with Crippen LogP contribution in [0.25, 0.3) is 5.57 Å². The zero-order chi connectivity index (χ0) is 17.4. The van der Waals surface area contributed by atoms with Crippen LogP contribution in [0.4, 0.5) is 0 Å². The Balaban J connectivity index is 2.20. The molecule has 124 valence electrons. The van der Waals surface area contributed by atoms with E-state index in [9.17, 15) is 14.7 Å². The quantitative estimate of drug-likeness (QED) is 0.754. The molecular weight excluding hydrogens is 306 g/mol. The second-order valence-corrected chi connectivity index (χ2v) is 5.36. The number of rotatable bonds is 8. The molecule has 2 aromatic rings. The van der Waals surface area contributed by atoms with Crippen molar-refractivity contribution in [3.05, 3.63) is 71.6 Å². The standard InChI is InChI=1S/C19H19NO4/c21-18(22)7-3-1-2-6-17(16-5-4-12-20-13-16)14-8-10-15(11-9-14)19(23)24/h4-6,8-13H,1-3,7H2,(H,21,22)(H,23,24)/p-1/b17-6+. The summed E-state index contributed by atoms with van der Waals surface area (Å²) in [6.45, 7) is 0. The molecule has 0 aliphatic rings. The van der Waals surface area contributed by atoms with Gasteiger partial charge in [-0.1, -0.05) is 24.3 Å². The van der Waals surface area contributed by atoms with Gasteiger partial charge in [0.1, 0.15) is 0 Å². The highest BCUT2D eigenvalue weighted by Gasteiger charge is 2.07. The Morgan fingerprint density at radius 2 is 1.75 bits per heavy atom. The van der Waals surface area contributed by atoms with E-state index >= 15 is 0 Å². The SMILES string of the molecule is O=C([O-])CCCC/C=C(\c1ccc(C(=O)O)cc1)c1cccnc1. The topological polar surface area (TPSA) is 90.3 Å². The normalized spacial score (nSPS) is 11.2. The summed E-state index contributed by atoms with van der Waals surface area (Å²) in [4.78, 5) is 25.5. The maximum absolute atomic E-state index is 11.0. The van der Waals surface area contributed by atoms with Crippen LogP contribution in [0, 0.1) is 0 Å². The molecule has 0 radical (unpaired) electrons. The first-order chi connectivity index (χ1) is 11.6. The highest BCUT2D eigenvalue weighted by molar-refractivity contribution is 5.88. The number of aliphatic carboxylic acids is 1. The number of carboxylic acid groups (broad SMARTS) is 2. The molecular formula is C19H18NO4-. The van der Waals surface area contributed by atoms with Gasteiger partial charge < -0.3 is 15.0 Å². The number of unbranched alkanes of at least 4 members (excludes halogenated alkanes) is 2. The van der Waals surface area contributed by atoms with Gasteiger partial charge in [-0.15, -0.1) is 0 Å². The van der Waals surface area contributed by atoms with Crippen LogP contribution < -0.4 is 5.11 Å². The summed E-state index contributed by atoms with van der Waals surface area (Å²) in [5.74, 6) is -1.99. The van der Waals surface area contributed by atoms with Gasteiger partial charge in [0.15, 0.2) is 0 Å². The van der Waals surface area contributed by atoms with E-state index in [4.69, 9.17) is 5.11 Å². The maximum atomic E-state index is 11.0. The lowest BCUT2D eigenvalue weighted by Crippen LogP contribution is -2.21. The van der Waals surface area contributed by atoms with Gasteiger partial charge in [-0.2, -0.15) is 0 Å². The third kappa shape index (κ3) is 5.05. The number of aromatic nitrogens is 1. The molecule has 0 aliphatic heterocycles. The summed E-state index contributed by atoms with van der Waals surface area (Å²) in [5, 5.41) is 19.4. The van der Waals surface area contributed by atoms with Crippen LogP contribution >= 0.6 is 0 Å². The average Bonchev–Trinajstić information content (AvgIpc) is 2.59. The molecule has 0 aliphatic carbocycles. The molecule has 1 N–H and O–H groups in total. The lowest BCUT2D eigenvalue weighted by Gasteiger charge is -2.09. The van der Waals surface area contributed by atoms with Crippen LogP contribution in [0.3, 0.4) is 0 Å². The summed E-state index contributed by atoms with van der Waals surface area (Å²) < 4.78 is 0. The number of carbonyl (C=O) groups excluding carboxylic acids is 1. The molecule has 0 amide bonds. The molecule has 24 heavy (non-hydrogen) atoms. The smallest absolute Gasteiger partial charge is 0.335 e. The monoisotopic (exact) mass is 324 g/mol. The van der Waals surface area contributed by atoms with E-state index in [0.29, 0.717) is 6.42 Å². The first kappa shape index (κ1) is 17.4. The summed E-state index contributed by atoms with van der Waals surface area (Å²) >= 11 is 0. The molecule has 0 bridgehead atoms. The minimum Gasteiger partial charge on any atom is -0.550 e. The molecule has 2 rings (SSSR count). The van der Waals surface area contributed by atoms with Crippen molar-refractivity contribution in [3.63, 3.8) is 0 Å². The van der Waals surface area contributed by atoms with E-state index < -0.39 is 11.9 Å². The highest BCUT2D eigenvalue weighted by atomic mass is 16.4. The van der Waals surface area contributed by atoms with Crippen molar-refractivity contribution < 1.29 is 19.8 Å². The van der Waals surface area contributed by atoms with Gasteiger partial charge in [0, 0.05) is 23.9 Å². The average molecular weight is 324 g/mol. The molecule has 5 nitrogen and oxygen atoms in total. The van der Waals surface area contributed by atoms with Crippen molar-refractivity contribution in [2.24, 2.45) is 0 Å². The van der Waals surface area contributed by atoms with Crippen LogP contribution in [0.5, 0.6) is 0 Å². The maximum Gasteiger partial charge on any atom is 0.335 e. The van der Waals surface area contributed by atoms with E-state index in [1.807, 2.05) is 18.2 Å². The molecule has 0 saturated heterocycles. The van der Waals surface area contributed by atoms with Crippen molar-refractivity contribution in [3.8, 4) is 0 Å². The number of benzene rings is 1. The fourth-order valence-electron chi connectivity index (χ4n) is 2.38. The van der Waals surface area contributed by atoms with E-state index in [1.54, 1.807) is 36.7 Å². The van der Waals surface area contributed by atoms with Crippen LogP contribution in [-0.2, 0) is 4.79 Å². The Morgan fingerprint density at radius 1 is 1.04 bits per heavy atom. The predicted octanol–water partition coefficient (Wildman–Crippen LogP) is 2.52. The first-order valence-corrected chi connectivity index (χ1v) is 7.72. The number of nitrogens with zero attached hydrogens (tertiary/aromatic N) is 1. The van der Waals surface area contributed by atoms with Crippen LogP contribution in [0.1, 0.15) is 47.2 Å². The third-order valence-corrected chi connectivity index (χ3v) is 3.60. The zero-order valence-electron chi connectivity index (χ0n) is 13.1. The molecule has 0 spiro atoms. The number of pyridine rings is 1. The van der Waals surface area contributed by atoms with Crippen molar-refractivity contribution in [1.82, 2.24) is 4.98 Å². The molecule has 1 aromatic carbocycles. The van der Waals surface area contributed by atoms with Gasteiger partial charge in [0.25, 0.3) is 0 Å². The van der Waals surface area contributed by atoms with Crippen molar-refractivity contribution in [2.75, 3.05) is 0 Å². The van der Waals surface area contributed by atoms with Gasteiger partial charge in [-0.25, -0.2) is 4.79 Å². The Hall–Kier alpha value is -2.95. The van der Waals surface area contributed by atoms with Gasteiger partial charge in [0.05, 0.1) is 5.56 Å². The minimum atomic E-state index is -1.03. The minimum absolute atomic E-state index is 0.0589. The van der Waals surface area contributed by atoms with Crippen LogP contribution in [0.15, 0.2) is 54.9 Å². The molecule has 0 fully saturated rings. The number of hydrogen-bond acceptors (Lipinski definition) is 4. The number of aromatic carboxylic acids is 1. The zero-order valence-corrected chi connectivity index (χ0v) is 13.1. The van der Waals surface area contributed by atoms with Gasteiger partial charge in [-0.05, 0) is 55.0 Å². The van der Waals surface area contributed by atoms with Gasteiger partial charge in [0.2, 0.25) is 0 Å². The first-order valence-electron chi connectivity index (χ1n) is 7.72. The lowest BCUT2D eigenvalue weighted by molar-refractivity contribution is -0.305. The van der Waals surface area contributed by atoms with E-state index in [1.165, 1.54) is 0 Å². The number of carbonyl (C=O) groups is 2. The summed E-state index contributed by atoms with van der Waals surface area (Å²) in [7, 11) is 0. The molecule has 1 aromatic heterocycles. The molecule has 5 heteroatoms. The van der Waals surface area contributed by atoms with Crippen molar-refractivity contribution in [1.29, 1.82) is 0 Å². The van der Waals surface area contributed by atoms with E-state index in [2.05, 4.69) is 4.98 Å². The second-order valence-electron chi connectivity index (χ2n) is 5.36. The van der Waals surface area contributed by atoms with Crippen molar-refractivity contribution >= 4 is 17.5 Å². The predicted molar refractivity (Wildman–Crippen MR) is 88.2 cm³/mol. The summed E-state index contributed by atoms with van der Waals surface area (Å²) in [6.07, 6.45) is 7.55. The number of allylic oxidation sites excluding steroid dienone is 1. The lowest BCUT2D eigenvalue weighted by atomic mass is 9.96. The molecule has 0 unspecified atom stereocenters. The fourth-order valence-corrected chi connectivity index (χ4v) is 2.38. The van der Waals surface area contributed by atoms with Crippen LogP contribution in [0.2, 0.25) is 0 Å². The van der Waals surface area contributed by atoms with E-state index in [-0.39, 0.29) is 12.0 Å². The Kier molecular flexibility index (Phi) is 6.25. The summed E-state index contributed by atoms with van der Waals surface area (Å²) in [6, 6.07) is 10.4. The molecule has 0 atom stereocenters. The van der Waals surface area contributed by atoms with Crippen LogP contribution in [-0.4, -0.2) is 22.0 Å². The highest BCUT2D eigenvalue weighted by Crippen LogP contribution is 2.24. The molecule has 1 heterocycles. The summed E-state index contributed by atoms with van der Waals surface area (Å²) in [5.41, 5.74) is 3.01. The Bertz CT molecular complexity index is 721. The number of hydrogen-bond donors (Lipinski definition) is 1. The van der Waals surface area contributed by atoms with Gasteiger partial charge in [-0.3, -0.25) is 4.98 Å².